The first kappa shape index (κ1) is 19.6. The predicted octanol–water partition coefficient (Wildman–Crippen LogP) is 3.20. The monoisotopic (exact) mass is 398 g/mol. The molecule has 7 nitrogen and oxygen atoms in total. The van der Waals surface area contributed by atoms with Gasteiger partial charge in [-0.1, -0.05) is 18.2 Å². The van der Waals surface area contributed by atoms with E-state index in [0.717, 1.165) is 44.6 Å². The Bertz CT molecular complexity index is 1370. The lowest BCUT2D eigenvalue weighted by atomic mass is 9.92. The summed E-state index contributed by atoms with van der Waals surface area (Å²) in [5, 5.41) is 25.5. The molecule has 0 aliphatic heterocycles. The molecule has 4 rings (SSSR count). The van der Waals surface area contributed by atoms with Gasteiger partial charge in [0.15, 0.2) is 0 Å². The summed E-state index contributed by atoms with van der Waals surface area (Å²) < 4.78 is 1.79. The van der Waals surface area contributed by atoms with Gasteiger partial charge >= 0.3 is 0 Å². The Morgan fingerprint density at radius 2 is 1.97 bits per heavy atom. The third kappa shape index (κ3) is 3.08. The van der Waals surface area contributed by atoms with E-state index in [1.165, 1.54) is 0 Å². The van der Waals surface area contributed by atoms with Crippen LogP contribution in [0.2, 0.25) is 0 Å². The number of nitriles is 1. The van der Waals surface area contributed by atoms with Gasteiger partial charge < -0.3 is 5.32 Å². The van der Waals surface area contributed by atoms with Crippen LogP contribution in [0.25, 0.3) is 33.2 Å². The summed E-state index contributed by atoms with van der Waals surface area (Å²) in [6.07, 6.45) is 1.80. The Hall–Kier alpha value is -3.76. The molecule has 0 bridgehead atoms. The fraction of sp³-hybridized carbons (Fsp3) is 0.217. The van der Waals surface area contributed by atoms with Crippen molar-refractivity contribution in [2.75, 3.05) is 7.05 Å². The van der Waals surface area contributed by atoms with Gasteiger partial charge in [0, 0.05) is 30.1 Å². The number of aromatic nitrogens is 4. The molecule has 30 heavy (non-hydrogen) atoms. The molecular weight excluding hydrogens is 376 g/mol. The number of benzene rings is 2. The summed E-state index contributed by atoms with van der Waals surface area (Å²) in [7, 11) is 3.71. The Labute approximate surface area is 174 Å². The van der Waals surface area contributed by atoms with Crippen molar-refractivity contribution in [3.8, 4) is 28.5 Å². The SMILES string of the molecule is CNCc1n[nH]c(=O)c2ccc(-c3cnn(C)c3-c3ccc(C)c(C)c3C#N)cc12. The van der Waals surface area contributed by atoms with Crippen molar-refractivity contribution >= 4 is 10.8 Å². The summed E-state index contributed by atoms with van der Waals surface area (Å²) >= 11 is 0. The fourth-order valence-electron chi connectivity index (χ4n) is 3.81. The van der Waals surface area contributed by atoms with Crippen molar-refractivity contribution in [1.82, 2.24) is 25.3 Å². The van der Waals surface area contributed by atoms with Crippen molar-refractivity contribution in [3.05, 3.63) is 69.3 Å². The van der Waals surface area contributed by atoms with Gasteiger partial charge in [0.2, 0.25) is 0 Å². The van der Waals surface area contributed by atoms with Gasteiger partial charge in [0.25, 0.3) is 5.56 Å². The smallest absolute Gasteiger partial charge is 0.272 e. The molecule has 0 unspecified atom stereocenters. The van der Waals surface area contributed by atoms with Crippen molar-refractivity contribution in [3.63, 3.8) is 0 Å². The summed E-state index contributed by atoms with van der Waals surface area (Å²) in [5.74, 6) is 0. The van der Waals surface area contributed by atoms with Crippen LogP contribution in [-0.2, 0) is 13.6 Å². The van der Waals surface area contributed by atoms with E-state index in [1.807, 2.05) is 58.3 Å². The van der Waals surface area contributed by atoms with Crippen LogP contribution in [0.1, 0.15) is 22.4 Å². The maximum Gasteiger partial charge on any atom is 0.272 e. The summed E-state index contributed by atoms with van der Waals surface area (Å²) in [5.41, 5.74) is 6.76. The minimum Gasteiger partial charge on any atom is -0.314 e. The lowest BCUT2D eigenvalue weighted by molar-refractivity contribution is 0.773. The Morgan fingerprint density at radius 1 is 1.17 bits per heavy atom. The molecule has 2 aromatic heterocycles. The maximum absolute atomic E-state index is 12.2. The van der Waals surface area contributed by atoms with E-state index in [1.54, 1.807) is 10.9 Å². The Balaban J connectivity index is 1.98. The zero-order valence-corrected chi connectivity index (χ0v) is 17.4. The molecule has 0 fully saturated rings. The third-order valence-electron chi connectivity index (χ3n) is 5.56. The van der Waals surface area contributed by atoms with Crippen molar-refractivity contribution in [2.45, 2.75) is 20.4 Å². The molecule has 2 heterocycles. The van der Waals surface area contributed by atoms with E-state index in [9.17, 15) is 10.1 Å². The van der Waals surface area contributed by atoms with E-state index in [-0.39, 0.29) is 5.56 Å². The van der Waals surface area contributed by atoms with Gasteiger partial charge in [0.1, 0.15) is 6.07 Å². The largest absolute Gasteiger partial charge is 0.314 e. The second kappa shape index (κ2) is 7.58. The first-order valence-electron chi connectivity index (χ1n) is 9.65. The molecule has 7 heteroatoms. The number of H-pyrrole nitrogens is 1. The van der Waals surface area contributed by atoms with Crippen LogP contribution in [0.5, 0.6) is 0 Å². The highest BCUT2D eigenvalue weighted by Gasteiger charge is 2.19. The highest BCUT2D eigenvalue weighted by atomic mass is 16.1. The van der Waals surface area contributed by atoms with Crippen LogP contribution in [0.15, 0.2) is 41.3 Å². The standard InChI is InChI=1S/C23H22N6O/c1-13-5-7-16(19(10-24)14(13)2)22-20(11-26-29(22)4)15-6-8-17-18(9-15)21(12-25-3)27-28-23(17)30/h5-9,11,25H,12H2,1-4H3,(H,28,30). The average molecular weight is 398 g/mol. The zero-order chi connectivity index (χ0) is 21.4. The van der Waals surface area contributed by atoms with Gasteiger partial charge in [-0.2, -0.15) is 15.5 Å². The normalized spacial score (nSPS) is 11.0. The zero-order valence-electron chi connectivity index (χ0n) is 17.4. The molecule has 0 atom stereocenters. The molecule has 0 spiro atoms. The van der Waals surface area contributed by atoms with Gasteiger partial charge in [-0.25, -0.2) is 5.10 Å². The number of aryl methyl sites for hydroxylation is 2. The predicted molar refractivity (Wildman–Crippen MR) is 117 cm³/mol. The number of nitrogens with one attached hydrogen (secondary N) is 2. The molecular formula is C23H22N6O. The molecule has 0 amide bonds. The molecule has 4 aromatic rings. The van der Waals surface area contributed by atoms with Crippen molar-refractivity contribution in [1.29, 1.82) is 5.26 Å². The van der Waals surface area contributed by atoms with Gasteiger partial charge in [-0.05, 0) is 49.7 Å². The summed E-state index contributed by atoms with van der Waals surface area (Å²) in [6, 6.07) is 12.0. The number of aromatic amines is 1. The second-order valence-corrected chi connectivity index (χ2v) is 7.36. The lowest BCUT2D eigenvalue weighted by Gasteiger charge is -2.13. The topological polar surface area (TPSA) is 99.4 Å². The maximum atomic E-state index is 12.2. The van der Waals surface area contributed by atoms with Crippen LogP contribution in [0, 0.1) is 25.2 Å². The number of hydrogen-bond acceptors (Lipinski definition) is 5. The fourth-order valence-corrected chi connectivity index (χ4v) is 3.81. The second-order valence-electron chi connectivity index (χ2n) is 7.36. The molecule has 2 N–H and O–H groups in total. The van der Waals surface area contributed by atoms with Crippen LogP contribution in [0.4, 0.5) is 0 Å². The minimum absolute atomic E-state index is 0.219. The molecule has 150 valence electrons. The number of fused-ring (bicyclic) bond motifs is 1. The Kier molecular flexibility index (Phi) is 4.94. The summed E-state index contributed by atoms with van der Waals surface area (Å²) in [6.45, 7) is 4.50. The van der Waals surface area contributed by atoms with Crippen molar-refractivity contribution < 1.29 is 0 Å². The van der Waals surface area contributed by atoms with Crippen molar-refractivity contribution in [2.24, 2.45) is 7.05 Å². The minimum atomic E-state index is -0.219. The van der Waals surface area contributed by atoms with Crippen LogP contribution < -0.4 is 10.9 Å². The van der Waals surface area contributed by atoms with Crippen LogP contribution in [-0.4, -0.2) is 27.0 Å². The molecule has 2 aromatic carbocycles. The quantitative estimate of drug-likeness (QED) is 0.550. The highest BCUT2D eigenvalue weighted by Crippen LogP contribution is 2.36. The molecule has 0 radical (unpaired) electrons. The van der Waals surface area contributed by atoms with E-state index < -0.39 is 0 Å². The van der Waals surface area contributed by atoms with E-state index in [0.29, 0.717) is 17.5 Å². The molecule has 0 saturated heterocycles. The molecule has 0 aliphatic carbocycles. The molecule has 0 saturated carbocycles. The van der Waals surface area contributed by atoms with Gasteiger partial charge in [0.05, 0.1) is 28.5 Å². The number of rotatable bonds is 4. The first-order chi connectivity index (χ1) is 14.5. The van der Waals surface area contributed by atoms with E-state index in [4.69, 9.17) is 0 Å². The highest BCUT2D eigenvalue weighted by molar-refractivity contribution is 5.92. The average Bonchev–Trinajstić information content (AvgIpc) is 3.13. The Morgan fingerprint density at radius 3 is 2.70 bits per heavy atom. The van der Waals surface area contributed by atoms with Crippen LogP contribution in [0.3, 0.4) is 0 Å². The third-order valence-corrected chi connectivity index (χ3v) is 5.56. The number of hydrogen-bond donors (Lipinski definition) is 2. The van der Waals surface area contributed by atoms with Gasteiger partial charge in [-0.15, -0.1) is 0 Å². The van der Waals surface area contributed by atoms with Crippen LogP contribution >= 0.6 is 0 Å². The van der Waals surface area contributed by atoms with E-state index in [2.05, 4.69) is 26.7 Å². The molecule has 0 aliphatic rings. The first-order valence-corrected chi connectivity index (χ1v) is 9.65. The lowest BCUT2D eigenvalue weighted by Crippen LogP contribution is -2.15. The van der Waals surface area contributed by atoms with E-state index >= 15 is 0 Å². The summed E-state index contributed by atoms with van der Waals surface area (Å²) in [4.78, 5) is 12.2. The number of nitrogens with zero attached hydrogens (tertiary/aromatic N) is 4. The van der Waals surface area contributed by atoms with Gasteiger partial charge in [-0.3, -0.25) is 9.48 Å².